The molecule has 0 bridgehead atoms. The first-order valence-electron chi connectivity index (χ1n) is 7.43. The van der Waals surface area contributed by atoms with Gasteiger partial charge in [-0.1, -0.05) is 48.5 Å². The predicted octanol–water partition coefficient (Wildman–Crippen LogP) is 2.96. The van der Waals surface area contributed by atoms with E-state index in [-0.39, 0.29) is 4.90 Å². The summed E-state index contributed by atoms with van der Waals surface area (Å²) in [6, 6.07) is 15.2. The van der Waals surface area contributed by atoms with Gasteiger partial charge in [0.25, 0.3) is 10.0 Å². The van der Waals surface area contributed by atoms with Crippen LogP contribution >= 0.6 is 7.60 Å². The summed E-state index contributed by atoms with van der Waals surface area (Å²) in [6.07, 6.45) is 0. The number of hydrogen-bond donors (Lipinski definition) is 2. The summed E-state index contributed by atoms with van der Waals surface area (Å²) < 4.78 is 48.0. The van der Waals surface area contributed by atoms with Gasteiger partial charge in [0.15, 0.2) is 0 Å². The molecule has 0 radical (unpaired) electrons. The fourth-order valence-corrected chi connectivity index (χ4v) is 4.86. The number of nitrogens with one attached hydrogen (secondary N) is 2. The highest BCUT2D eigenvalue weighted by molar-refractivity contribution is 7.89. The minimum atomic E-state index is -3.86. The van der Waals surface area contributed by atoms with Crippen molar-refractivity contribution in [3.63, 3.8) is 0 Å². The van der Waals surface area contributed by atoms with Gasteiger partial charge in [0.2, 0.25) is 0 Å². The normalized spacial score (nSPS) is 13.6. The third-order valence-electron chi connectivity index (χ3n) is 3.65. The molecule has 7 nitrogen and oxygen atoms in total. The zero-order valence-corrected chi connectivity index (χ0v) is 15.9. The van der Waals surface area contributed by atoms with Gasteiger partial charge in [-0.3, -0.25) is 4.57 Å². The first-order chi connectivity index (χ1) is 11.8. The van der Waals surface area contributed by atoms with Crippen molar-refractivity contribution in [2.75, 3.05) is 14.2 Å². The molecule has 0 aromatic heterocycles. The van der Waals surface area contributed by atoms with Crippen molar-refractivity contribution < 1.29 is 22.0 Å². The van der Waals surface area contributed by atoms with E-state index in [1.165, 1.54) is 20.3 Å². The lowest BCUT2D eigenvalue weighted by Gasteiger charge is -2.26. The molecule has 1 atom stereocenters. The van der Waals surface area contributed by atoms with Crippen LogP contribution in [0.25, 0.3) is 0 Å². The van der Waals surface area contributed by atoms with Crippen LogP contribution in [0.5, 0.6) is 0 Å². The van der Waals surface area contributed by atoms with E-state index in [4.69, 9.17) is 9.05 Å². The van der Waals surface area contributed by atoms with Crippen LogP contribution in [0.4, 0.5) is 0 Å². The minimum Gasteiger partial charge on any atom is -0.311 e. The van der Waals surface area contributed by atoms with Crippen molar-refractivity contribution >= 4 is 17.6 Å². The van der Waals surface area contributed by atoms with Crippen LogP contribution in [-0.2, 0) is 23.6 Å². The second-order valence-corrected chi connectivity index (χ2v) is 9.21. The molecule has 1 unspecified atom stereocenters. The van der Waals surface area contributed by atoms with Gasteiger partial charge in [-0.15, -0.1) is 4.83 Å². The van der Waals surface area contributed by atoms with Gasteiger partial charge < -0.3 is 9.05 Å². The number of aryl methyl sites for hydroxylation is 1. The lowest BCUT2D eigenvalue weighted by molar-refractivity contribution is 0.258. The predicted molar refractivity (Wildman–Crippen MR) is 95.4 cm³/mol. The third kappa shape index (κ3) is 4.55. The Bertz CT molecular complexity index is 850. The topological polar surface area (TPSA) is 93.7 Å². The highest BCUT2D eigenvalue weighted by atomic mass is 32.2. The van der Waals surface area contributed by atoms with Crippen LogP contribution in [-0.4, -0.2) is 22.6 Å². The molecule has 136 valence electrons. The van der Waals surface area contributed by atoms with Gasteiger partial charge in [-0.05, 0) is 24.1 Å². The summed E-state index contributed by atoms with van der Waals surface area (Å²) in [5, 5.41) is 0. The van der Waals surface area contributed by atoms with Gasteiger partial charge in [-0.2, -0.15) is 0 Å². The Morgan fingerprint density at radius 2 is 1.52 bits per heavy atom. The van der Waals surface area contributed by atoms with Crippen molar-refractivity contribution in [3.05, 3.63) is 65.7 Å². The second kappa shape index (κ2) is 8.23. The molecule has 25 heavy (non-hydrogen) atoms. The molecule has 2 rings (SSSR count). The first kappa shape index (κ1) is 19.8. The van der Waals surface area contributed by atoms with Crippen molar-refractivity contribution in [2.24, 2.45) is 0 Å². The molecule has 9 heteroatoms. The van der Waals surface area contributed by atoms with Crippen LogP contribution in [0, 0.1) is 6.92 Å². The quantitative estimate of drug-likeness (QED) is 0.537. The van der Waals surface area contributed by atoms with Gasteiger partial charge >= 0.3 is 7.60 Å². The molecule has 2 N–H and O–H groups in total. The van der Waals surface area contributed by atoms with Crippen LogP contribution in [0.2, 0.25) is 0 Å². The van der Waals surface area contributed by atoms with Crippen molar-refractivity contribution in [3.8, 4) is 0 Å². The van der Waals surface area contributed by atoms with Gasteiger partial charge in [0, 0.05) is 14.2 Å². The Hall–Kier alpha value is -1.54. The maximum Gasteiger partial charge on any atom is 0.352 e. The molecular formula is C16H21N2O5PS. The van der Waals surface area contributed by atoms with Crippen LogP contribution in [0.3, 0.4) is 0 Å². The average Bonchev–Trinajstić information content (AvgIpc) is 2.62. The highest BCUT2D eigenvalue weighted by Crippen LogP contribution is 2.58. The highest BCUT2D eigenvalue weighted by Gasteiger charge is 2.36. The summed E-state index contributed by atoms with van der Waals surface area (Å²) in [5.74, 6) is -1.01. The van der Waals surface area contributed by atoms with Crippen molar-refractivity contribution in [1.29, 1.82) is 0 Å². The Kier molecular flexibility index (Phi) is 6.51. The Balaban J connectivity index is 2.32. The van der Waals surface area contributed by atoms with Crippen LogP contribution in [0.15, 0.2) is 59.5 Å². The maximum atomic E-state index is 12.8. The monoisotopic (exact) mass is 384 g/mol. The summed E-state index contributed by atoms with van der Waals surface area (Å²) in [6.45, 7) is 1.69. The standard InChI is InChI=1S/C16H21N2O5PS/c1-13-9-7-8-12-15(13)25(20,21)18-17-16(24(19,22-2)23-3)14-10-5-4-6-11-14/h4-12,16-18H,1-3H3. The fraction of sp³-hybridized carbons (Fsp3) is 0.250. The molecule has 0 amide bonds. The van der Waals surface area contributed by atoms with E-state index >= 15 is 0 Å². The summed E-state index contributed by atoms with van der Waals surface area (Å²) in [5.41, 5.74) is 3.74. The number of sulfonamides is 1. The van der Waals surface area contributed by atoms with Crippen molar-refractivity contribution in [2.45, 2.75) is 17.6 Å². The van der Waals surface area contributed by atoms with E-state index in [0.717, 1.165) is 0 Å². The molecule has 0 aliphatic heterocycles. The molecular weight excluding hydrogens is 363 g/mol. The molecule has 0 spiro atoms. The van der Waals surface area contributed by atoms with Crippen LogP contribution in [0.1, 0.15) is 16.9 Å². The molecule has 0 saturated heterocycles. The maximum absolute atomic E-state index is 12.8. The first-order valence-corrected chi connectivity index (χ1v) is 10.5. The van der Waals surface area contributed by atoms with Crippen molar-refractivity contribution in [1.82, 2.24) is 10.3 Å². The average molecular weight is 384 g/mol. The smallest absolute Gasteiger partial charge is 0.311 e. The van der Waals surface area contributed by atoms with E-state index in [2.05, 4.69) is 10.3 Å². The summed E-state index contributed by atoms with van der Waals surface area (Å²) in [7, 11) is -5.01. The Labute approximate surface area is 147 Å². The number of benzene rings is 2. The summed E-state index contributed by atoms with van der Waals surface area (Å²) in [4.78, 5) is 2.40. The van der Waals surface area contributed by atoms with E-state index in [9.17, 15) is 13.0 Å². The van der Waals surface area contributed by atoms with Gasteiger partial charge in [0.1, 0.15) is 5.78 Å². The fourth-order valence-electron chi connectivity index (χ4n) is 2.31. The number of hydrazine groups is 1. The molecule has 2 aromatic carbocycles. The Morgan fingerprint density at radius 3 is 2.08 bits per heavy atom. The van der Waals surface area contributed by atoms with Gasteiger partial charge in [-0.25, -0.2) is 13.8 Å². The lowest BCUT2D eigenvalue weighted by Crippen LogP contribution is -2.40. The molecule has 2 aromatic rings. The number of hydrogen-bond acceptors (Lipinski definition) is 6. The molecule has 0 heterocycles. The molecule has 0 fully saturated rings. The second-order valence-electron chi connectivity index (χ2n) is 5.23. The minimum absolute atomic E-state index is 0.124. The molecule has 0 saturated carbocycles. The number of rotatable bonds is 8. The zero-order chi connectivity index (χ0) is 18.5. The molecule has 0 aliphatic carbocycles. The van der Waals surface area contributed by atoms with E-state index in [1.807, 2.05) is 0 Å². The molecule has 0 aliphatic rings. The van der Waals surface area contributed by atoms with E-state index < -0.39 is 23.4 Å². The Morgan fingerprint density at radius 1 is 0.960 bits per heavy atom. The third-order valence-corrected chi connectivity index (χ3v) is 7.15. The lowest BCUT2D eigenvalue weighted by atomic mass is 10.2. The SMILES string of the molecule is COP(=O)(OC)C(NNS(=O)(=O)c1ccccc1C)c1ccccc1. The van der Waals surface area contributed by atoms with Crippen LogP contribution < -0.4 is 10.3 Å². The zero-order valence-electron chi connectivity index (χ0n) is 14.2. The van der Waals surface area contributed by atoms with E-state index in [0.29, 0.717) is 11.1 Å². The summed E-state index contributed by atoms with van der Waals surface area (Å²) >= 11 is 0. The van der Waals surface area contributed by atoms with Gasteiger partial charge in [0.05, 0.1) is 4.90 Å². The largest absolute Gasteiger partial charge is 0.352 e. The van der Waals surface area contributed by atoms with E-state index in [1.54, 1.807) is 55.5 Å².